The predicted octanol–water partition coefficient (Wildman–Crippen LogP) is 1.71. The van der Waals surface area contributed by atoms with Crippen molar-refractivity contribution in [3.8, 4) is 0 Å². The Labute approximate surface area is 89.6 Å². The Balaban J connectivity index is 2.41. The third-order valence-electron chi connectivity index (χ3n) is 2.21. The van der Waals surface area contributed by atoms with E-state index in [1.165, 1.54) is 0 Å². The second kappa shape index (κ2) is 4.71. The molecule has 0 amide bonds. The number of nitrogens with one attached hydrogen (secondary N) is 1. The first kappa shape index (κ1) is 11.4. The van der Waals surface area contributed by atoms with Gasteiger partial charge < -0.3 is 5.32 Å². The van der Waals surface area contributed by atoms with Crippen LogP contribution in [0.4, 0.5) is 0 Å². The van der Waals surface area contributed by atoms with E-state index in [0.29, 0.717) is 0 Å². The maximum atomic E-state index is 11.1. The minimum atomic E-state index is -0.0215. The molecule has 1 aliphatic heterocycles. The van der Waals surface area contributed by atoms with E-state index in [1.54, 1.807) is 6.92 Å². The molecule has 2 atom stereocenters. The number of hydrogen-bond donors (Lipinski definition) is 2. The first-order valence-electron chi connectivity index (χ1n) is 4.67. The van der Waals surface area contributed by atoms with E-state index in [-0.39, 0.29) is 15.9 Å². The minimum absolute atomic E-state index is 0.0215. The maximum Gasteiger partial charge on any atom is 0.146 e. The van der Waals surface area contributed by atoms with Gasteiger partial charge in [0.15, 0.2) is 0 Å². The first-order valence-corrected chi connectivity index (χ1v) is 6.11. The molecule has 1 heterocycles. The molecule has 0 bridgehead atoms. The average Bonchev–Trinajstić information content (AvgIpc) is 2.46. The maximum absolute atomic E-state index is 11.1. The highest BCUT2D eigenvalue weighted by atomic mass is 32.2. The van der Waals surface area contributed by atoms with E-state index in [0.717, 1.165) is 25.1 Å². The number of thiol groups is 1. The lowest BCUT2D eigenvalue weighted by atomic mass is 10.1. The number of Topliss-reactive ketones (excluding diaryl/α,β-unsaturated/α-hetero) is 1. The summed E-state index contributed by atoms with van der Waals surface area (Å²) in [5, 5.41) is 3.21. The molecule has 13 heavy (non-hydrogen) atoms. The van der Waals surface area contributed by atoms with E-state index in [2.05, 4.69) is 24.9 Å². The van der Waals surface area contributed by atoms with Crippen molar-refractivity contribution in [1.82, 2.24) is 5.32 Å². The van der Waals surface area contributed by atoms with Crippen LogP contribution in [0.5, 0.6) is 0 Å². The van der Waals surface area contributed by atoms with Crippen molar-refractivity contribution in [3.63, 3.8) is 0 Å². The highest BCUT2D eigenvalue weighted by molar-refractivity contribution is 8.11. The normalized spacial score (nSPS) is 33.6. The largest absolute Gasteiger partial charge is 0.305 e. The van der Waals surface area contributed by atoms with Gasteiger partial charge in [0.25, 0.3) is 0 Å². The number of carbonyl (C=O) groups excluding carboxylic acids is 1. The molecule has 0 radical (unpaired) electrons. The van der Waals surface area contributed by atoms with E-state index in [4.69, 9.17) is 0 Å². The molecule has 76 valence electrons. The average molecular weight is 219 g/mol. The summed E-state index contributed by atoms with van der Waals surface area (Å²) in [6.45, 7) is 4.64. The standard InChI is InChI=1S/C9H17NOS2/c1-3-4-13-9(12)5-8(7(2)11)10-6-9/h8,10,12H,3-6H2,1-2H3/t8-,9?/m0/s1. The number of thioether (sulfide) groups is 1. The molecule has 1 saturated heterocycles. The van der Waals surface area contributed by atoms with Gasteiger partial charge in [-0.1, -0.05) is 6.92 Å². The first-order chi connectivity index (χ1) is 6.07. The fourth-order valence-corrected chi connectivity index (χ4v) is 3.04. The van der Waals surface area contributed by atoms with Crippen molar-refractivity contribution in [1.29, 1.82) is 0 Å². The van der Waals surface area contributed by atoms with Gasteiger partial charge in [-0.2, -0.15) is 12.6 Å². The van der Waals surface area contributed by atoms with Gasteiger partial charge in [0.1, 0.15) is 5.78 Å². The predicted molar refractivity (Wildman–Crippen MR) is 61.6 cm³/mol. The molecular formula is C9H17NOS2. The second-order valence-corrected chi connectivity index (χ2v) is 6.18. The number of ketones is 1. The Kier molecular flexibility index (Phi) is 4.13. The van der Waals surface area contributed by atoms with Crippen LogP contribution < -0.4 is 5.32 Å². The molecule has 1 fully saturated rings. The molecule has 1 N–H and O–H groups in total. The highest BCUT2D eigenvalue weighted by Crippen LogP contribution is 2.38. The van der Waals surface area contributed by atoms with Crippen LogP contribution in [-0.2, 0) is 4.79 Å². The molecule has 0 aromatic carbocycles. The van der Waals surface area contributed by atoms with Gasteiger partial charge in [0, 0.05) is 6.54 Å². The molecular weight excluding hydrogens is 202 g/mol. The molecule has 1 unspecified atom stereocenters. The third kappa shape index (κ3) is 3.18. The Morgan fingerprint density at radius 3 is 2.92 bits per heavy atom. The van der Waals surface area contributed by atoms with Gasteiger partial charge in [-0.3, -0.25) is 4.79 Å². The Morgan fingerprint density at radius 2 is 2.46 bits per heavy atom. The van der Waals surface area contributed by atoms with Gasteiger partial charge in [-0.25, -0.2) is 0 Å². The Morgan fingerprint density at radius 1 is 1.77 bits per heavy atom. The van der Waals surface area contributed by atoms with Gasteiger partial charge >= 0.3 is 0 Å². The Hall–Kier alpha value is 0.330. The zero-order chi connectivity index (χ0) is 9.90. The molecule has 0 saturated carbocycles. The summed E-state index contributed by atoms with van der Waals surface area (Å²) in [7, 11) is 0. The van der Waals surface area contributed by atoms with E-state index < -0.39 is 0 Å². The van der Waals surface area contributed by atoms with Crippen LogP contribution in [-0.4, -0.2) is 28.2 Å². The zero-order valence-electron chi connectivity index (χ0n) is 8.17. The quantitative estimate of drug-likeness (QED) is 0.557. The molecule has 2 nitrogen and oxygen atoms in total. The van der Waals surface area contributed by atoms with Crippen molar-refractivity contribution in [2.75, 3.05) is 12.3 Å². The van der Waals surface area contributed by atoms with Crippen LogP contribution in [0.2, 0.25) is 0 Å². The molecule has 4 heteroatoms. The van der Waals surface area contributed by atoms with Gasteiger partial charge in [-0.05, 0) is 25.5 Å². The van der Waals surface area contributed by atoms with Crippen LogP contribution in [0.3, 0.4) is 0 Å². The van der Waals surface area contributed by atoms with Crippen molar-refractivity contribution in [3.05, 3.63) is 0 Å². The summed E-state index contributed by atoms with van der Waals surface area (Å²) in [6.07, 6.45) is 2.02. The molecule has 0 aromatic heterocycles. The minimum Gasteiger partial charge on any atom is -0.305 e. The van der Waals surface area contributed by atoms with Gasteiger partial charge in [0.2, 0.25) is 0 Å². The SMILES string of the molecule is CCCSC1(S)CN[C@H](C(C)=O)C1. The second-order valence-electron chi connectivity index (χ2n) is 3.54. The summed E-state index contributed by atoms with van der Waals surface area (Å²) < 4.78 is -0.0215. The molecule has 0 aliphatic carbocycles. The summed E-state index contributed by atoms with van der Waals surface area (Å²) in [5.74, 6) is 1.35. The smallest absolute Gasteiger partial charge is 0.146 e. The monoisotopic (exact) mass is 219 g/mol. The van der Waals surface area contributed by atoms with Crippen molar-refractivity contribution in [2.24, 2.45) is 0 Å². The van der Waals surface area contributed by atoms with E-state index in [1.807, 2.05) is 11.8 Å². The fraction of sp³-hybridized carbons (Fsp3) is 0.889. The Bertz CT molecular complexity index is 198. The lowest BCUT2D eigenvalue weighted by molar-refractivity contribution is -0.118. The van der Waals surface area contributed by atoms with Gasteiger partial charge in [0.05, 0.1) is 10.1 Å². The van der Waals surface area contributed by atoms with E-state index in [9.17, 15) is 4.79 Å². The third-order valence-corrected chi connectivity index (χ3v) is 4.40. The molecule has 1 rings (SSSR count). The number of carbonyl (C=O) groups is 1. The van der Waals surface area contributed by atoms with Crippen LogP contribution in [0.25, 0.3) is 0 Å². The summed E-state index contributed by atoms with van der Waals surface area (Å²) in [6, 6.07) is 0.0295. The highest BCUT2D eigenvalue weighted by Gasteiger charge is 2.37. The summed E-state index contributed by atoms with van der Waals surface area (Å²) in [5.41, 5.74) is 0. The van der Waals surface area contributed by atoms with Crippen molar-refractivity contribution < 1.29 is 4.79 Å². The summed E-state index contributed by atoms with van der Waals surface area (Å²) >= 11 is 6.47. The van der Waals surface area contributed by atoms with Crippen LogP contribution in [0.1, 0.15) is 26.7 Å². The number of rotatable bonds is 4. The molecule has 0 spiro atoms. The van der Waals surface area contributed by atoms with Crippen LogP contribution in [0.15, 0.2) is 0 Å². The molecule has 0 aromatic rings. The van der Waals surface area contributed by atoms with Crippen LogP contribution in [0, 0.1) is 0 Å². The number of hydrogen-bond acceptors (Lipinski definition) is 4. The molecule has 1 aliphatic rings. The van der Waals surface area contributed by atoms with Crippen molar-refractivity contribution in [2.45, 2.75) is 36.8 Å². The zero-order valence-corrected chi connectivity index (χ0v) is 9.88. The van der Waals surface area contributed by atoms with Gasteiger partial charge in [-0.15, -0.1) is 11.8 Å². The van der Waals surface area contributed by atoms with Crippen molar-refractivity contribution >= 4 is 30.2 Å². The lowest BCUT2D eigenvalue weighted by Crippen LogP contribution is -2.28. The fourth-order valence-electron chi connectivity index (χ4n) is 1.44. The topological polar surface area (TPSA) is 29.1 Å². The van der Waals surface area contributed by atoms with Crippen LogP contribution >= 0.6 is 24.4 Å². The summed E-state index contributed by atoms with van der Waals surface area (Å²) in [4.78, 5) is 11.1. The van der Waals surface area contributed by atoms with E-state index >= 15 is 0 Å². The lowest BCUT2D eigenvalue weighted by Gasteiger charge is -2.20.